The van der Waals surface area contributed by atoms with Gasteiger partial charge in [0, 0.05) is 19.0 Å². The van der Waals surface area contributed by atoms with Crippen molar-refractivity contribution in [2.45, 2.75) is 12.8 Å². The van der Waals surface area contributed by atoms with Gasteiger partial charge in [-0.1, -0.05) is 0 Å². The summed E-state index contributed by atoms with van der Waals surface area (Å²) in [7, 11) is 0. The zero-order valence-corrected chi connectivity index (χ0v) is 8.92. The topological polar surface area (TPSA) is 76.1 Å². The minimum atomic E-state index is -0.510. The molecule has 90 valence electrons. The van der Waals surface area contributed by atoms with E-state index in [1.165, 1.54) is 12.2 Å². The molecule has 0 aliphatic carbocycles. The molecule has 0 saturated carbocycles. The van der Waals surface area contributed by atoms with E-state index in [1.807, 2.05) is 0 Å². The highest BCUT2D eigenvalue weighted by Crippen LogP contribution is 2.08. The maximum absolute atomic E-state index is 11.2. The monoisotopic (exact) mass is 229 g/mol. The molecule has 6 heteroatoms. The van der Waals surface area contributed by atoms with Crippen LogP contribution in [0.2, 0.25) is 0 Å². The Balaban J connectivity index is 2.10. The predicted molar refractivity (Wildman–Crippen MR) is 54.5 cm³/mol. The second-order valence-electron chi connectivity index (χ2n) is 3.35. The number of nitrogens with zero attached hydrogens (tertiary/aromatic N) is 1. The van der Waals surface area contributed by atoms with Gasteiger partial charge in [0.2, 0.25) is 5.91 Å². The fourth-order valence-electron chi connectivity index (χ4n) is 1.43. The number of amides is 1. The minimum Gasteiger partial charge on any atom is -0.461 e. The summed E-state index contributed by atoms with van der Waals surface area (Å²) in [5.74, 6) is -0.399. The summed E-state index contributed by atoms with van der Waals surface area (Å²) in [5.41, 5.74) is 0. The Morgan fingerprint density at radius 2 is 2.38 bits per heavy atom. The summed E-state index contributed by atoms with van der Waals surface area (Å²) in [6.45, 7) is 1.31. The average molecular weight is 229 g/mol. The number of hydrogen-bond donors (Lipinski definition) is 1. The van der Waals surface area contributed by atoms with Gasteiger partial charge < -0.3 is 9.64 Å². The van der Waals surface area contributed by atoms with Crippen molar-refractivity contribution >= 4 is 11.9 Å². The quantitative estimate of drug-likeness (QED) is 0.305. The Morgan fingerprint density at radius 1 is 1.56 bits per heavy atom. The summed E-state index contributed by atoms with van der Waals surface area (Å²) >= 11 is 0. The van der Waals surface area contributed by atoms with E-state index in [-0.39, 0.29) is 19.1 Å². The van der Waals surface area contributed by atoms with Gasteiger partial charge in [-0.2, -0.15) is 0 Å². The highest BCUT2D eigenvalue weighted by atomic mass is 17.1. The molecule has 1 amide bonds. The normalized spacial score (nSPS) is 16.1. The van der Waals surface area contributed by atoms with Crippen molar-refractivity contribution in [2.75, 3.05) is 26.3 Å². The lowest BCUT2D eigenvalue weighted by atomic mass is 10.4. The molecule has 1 heterocycles. The van der Waals surface area contributed by atoms with E-state index >= 15 is 0 Å². The van der Waals surface area contributed by atoms with Crippen LogP contribution in [0.3, 0.4) is 0 Å². The summed E-state index contributed by atoms with van der Waals surface area (Å²) in [5, 5.41) is 7.98. The van der Waals surface area contributed by atoms with Crippen molar-refractivity contribution < 1.29 is 24.5 Å². The average Bonchev–Trinajstić information content (AvgIpc) is 2.65. The van der Waals surface area contributed by atoms with Crippen LogP contribution < -0.4 is 0 Å². The van der Waals surface area contributed by atoms with Gasteiger partial charge in [-0.3, -0.25) is 10.1 Å². The fraction of sp³-hybridized carbons (Fsp3) is 0.600. The third-order valence-corrected chi connectivity index (χ3v) is 2.20. The molecule has 0 spiro atoms. The van der Waals surface area contributed by atoms with Gasteiger partial charge in [0.15, 0.2) is 0 Å². The molecule has 0 radical (unpaired) electrons. The van der Waals surface area contributed by atoms with E-state index in [4.69, 9.17) is 9.99 Å². The van der Waals surface area contributed by atoms with Crippen LogP contribution in [0.1, 0.15) is 12.8 Å². The summed E-state index contributed by atoms with van der Waals surface area (Å²) in [6, 6.07) is 0. The molecule has 1 rings (SSSR count). The molecular weight excluding hydrogens is 214 g/mol. The molecule has 1 fully saturated rings. The van der Waals surface area contributed by atoms with Crippen molar-refractivity contribution in [2.24, 2.45) is 0 Å². The molecule has 0 unspecified atom stereocenters. The first-order valence-corrected chi connectivity index (χ1v) is 5.11. The summed E-state index contributed by atoms with van der Waals surface area (Å²) in [4.78, 5) is 27.6. The van der Waals surface area contributed by atoms with E-state index in [0.717, 1.165) is 13.0 Å². The molecule has 1 saturated heterocycles. The van der Waals surface area contributed by atoms with Crippen molar-refractivity contribution in [1.29, 1.82) is 0 Å². The van der Waals surface area contributed by atoms with E-state index < -0.39 is 5.97 Å². The number of hydrogen-bond acceptors (Lipinski definition) is 5. The lowest BCUT2D eigenvalue weighted by Gasteiger charge is -2.14. The molecular formula is C10H15NO5. The molecule has 0 aromatic heterocycles. The van der Waals surface area contributed by atoms with Crippen LogP contribution in [0, 0.1) is 0 Å². The molecule has 0 aromatic rings. The van der Waals surface area contributed by atoms with Crippen molar-refractivity contribution in [3.63, 3.8) is 0 Å². The van der Waals surface area contributed by atoms with Crippen molar-refractivity contribution in [3.8, 4) is 0 Å². The van der Waals surface area contributed by atoms with Crippen LogP contribution >= 0.6 is 0 Å². The lowest BCUT2D eigenvalue weighted by molar-refractivity contribution is -0.231. The van der Waals surface area contributed by atoms with Crippen LogP contribution in [-0.4, -0.2) is 48.3 Å². The van der Waals surface area contributed by atoms with Crippen molar-refractivity contribution in [1.82, 2.24) is 4.90 Å². The number of esters is 1. The highest BCUT2D eigenvalue weighted by Gasteiger charge is 2.19. The predicted octanol–water partition coefficient (Wildman–Crippen LogP) is 0.198. The Morgan fingerprint density at radius 3 is 3.00 bits per heavy atom. The molecule has 1 aliphatic rings. The van der Waals surface area contributed by atoms with Crippen LogP contribution in [0.5, 0.6) is 0 Å². The molecule has 0 bridgehead atoms. The SMILES string of the molecule is O=C(/C=C/COO)OCCN1CCCC1=O. The third kappa shape index (κ3) is 4.41. The first-order valence-electron chi connectivity index (χ1n) is 5.11. The first-order chi connectivity index (χ1) is 7.74. The molecule has 1 aliphatic heterocycles. The highest BCUT2D eigenvalue weighted by molar-refractivity contribution is 5.82. The van der Waals surface area contributed by atoms with E-state index in [9.17, 15) is 9.59 Å². The van der Waals surface area contributed by atoms with Gasteiger partial charge in [-0.05, 0) is 12.5 Å². The number of ether oxygens (including phenoxy) is 1. The third-order valence-electron chi connectivity index (χ3n) is 2.20. The lowest BCUT2D eigenvalue weighted by Crippen LogP contribution is -2.29. The summed E-state index contributed by atoms with van der Waals surface area (Å²) < 4.78 is 4.84. The van der Waals surface area contributed by atoms with E-state index in [1.54, 1.807) is 4.90 Å². The van der Waals surface area contributed by atoms with Gasteiger partial charge in [-0.25, -0.2) is 9.68 Å². The molecule has 16 heavy (non-hydrogen) atoms. The Hall–Kier alpha value is -1.40. The fourth-order valence-corrected chi connectivity index (χ4v) is 1.43. The standard InChI is InChI=1S/C10H15NO5/c12-9-3-1-5-11(9)6-8-15-10(13)4-2-7-16-14/h2,4,14H,1,3,5-8H2/b4-2+. The number of carbonyl (C=O) groups excluding carboxylic acids is 2. The number of rotatable bonds is 6. The Bertz CT molecular complexity index is 276. The van der Waals surface area contributed by atoms with Crippen molar-refractivity contribution in [3.05, 3.63) is 12.2 Å². The number of likely N-dealkylation sites (tertiary alicyclic amines) is 1. The van der Waals surface area contributed by atoms with E-state index in [2.05, 4.69) is 4.89 Å². The maximum Gasteiger partial charge on any atom is 0.330 e. The van der Waals surface area contributed by atoms with Crippen LogP contribution in [0.25, 0.3) is 0 Å². The maximum atomic E-state index is 11.2. The minimum absolute atomic E-state index is 0.0558. The molecule has 6 nitrogen and oxygen atoms in total. The smallest absolute Gasteiger partial charge is 0.330 e. The molecule has 1 N–H and O–H groups in total. The van der Waals surface area contributed by atoms with Gasteiger partial charge in [0.05, 0.1) is 6.54 Å². The second-order valence-corrected chi connectivity index (χ2v) is 3.35. The Labute approximate surface area is 93.4 Å². The Kier molecular flexibility index (Phi) is 5.52. The van der Waals surface area contributed by atoms with Crippen LogP contribution in [0.15, 0.2) is 12.2 Å². The first kappa shape index (κ1) is 12.7. The zero-order chi connectivity index (χ0) is 11.8. The molecule has 0 atom stereocenters. The van der Waals surface area contributed by atoms with Gasteiger partial charge in [0.25, 0.3) is 0 Å². The summed E-state index contributed by atoms with van der Waals surface area (Å²) in [6.07, 6.45) is 3.97. The largest absolute Gasteiger partial charge is 0.461 e. The second kappa shape index (κ2) is 6.97. The number of carbonyl (C=O) groups is 2. The van der Waals surface area contributed by atoms with Gasteiger partial charge >= 0.3 is 5.97 Å². The van der Waals surface area contributed by atoms with Crippen LogP contribution in [0.4, 0.5) is 0 Å². The zero-order valence-electron chi connectivity index (χ0n) is 8.92. The van der Waals surface area contributed by atoms with Gasteiger partial charge in [-0.15, -0.1) is 0 Å². The van der Waals surface area contributed by atoms with Crippen LogP contribution in [-0.2, 0) is 19.2 Å². The van der Waals surface area contributed by atoms with E-state index in [0.29, 0.717) is 13.0 Å². The molecule has 0 aromatic carbocycles. The van der Waals surface area contributed by atoms with Gasteiger partial charge in [0.1, 0.15) is 13.2 Å².